The summed E-state index contributed by atoms with van der Waals surface area (Å²) in [6, 6.07) is 4.13. The zero-order valence-electron chi connectivity index (χ0n) is 11.1. The van der Waals surface area contributed by atoms with E-state index >= 15 is 0 Å². The highest BCUT2D eigenvalue weighted by Gasteiger charge is 2.21. The summed E-state index contributed by atoms with van der Waals surface area (Å²) in [4.78, 5) is 27.3. The van der Waals surface area contributed by atoms with Gasteiger partial charge in [-0.25, -0.2) is 14.2 Å². The second kappa shape index (κ2) is 6.19. The Bertz CT molecular complexity index is 717. The number of nitrogens with zero attached hydrogens (tertiary/aromatic N) is 1. The minimum Gasteiger partial charge on any atom is -0.464 e. The van der Waals surface area contributed by atoms with E-state index in [0.717, 1.165) is 11.3 Å². The van der Waals surface area contributed by atoms with Gasteiger partial charge in [0, 0.05) is 12.6 Å². The zero-order valence-corrected chi connectivity index (χ0v) is 12.6. The topological polar surface area (TPSA) is 68.3 Å². The summed E-state index contributed by atoms with van der Waals surface area (Å²) in [7, 11) is 1.20. The summed E-state index contributed by atoms with van der Waals surface area (Å²) in [5, 5.41) is 3.09. The van der Waals surface area contributed by atoms with Crippen LogP contribution in [0.2, 0.25) is 5.02 Å². The molecule has 0 atom stereocenters. The Morgan fingerprint density at radius 2 is 2.14 bits per heavy atom. The van der Waals surface area contributed by atoms with Crippen LogP contribution in [0.3, 0.4) is 0 Å². The van der Waals surface area contributed by atoms with Gasteiger partial charge in [-0.1, -0.05) is 22.9 Å². The number of rotatable bonds is 4. The fourth-order valence-corrected chi connectivity index (χ4v) is 2.53. The van der Waals surface area contributed by atoms with E-state index in [1.165, 1.54) is 26.2 Å². The summed E-state index contributed by atoms with van der Waals surface area (Å²) in [6.45, 7) is 1.33. The number of Topliss-reactive ketones (excluding diaryl/α,β-unsaturated/α-hetero) is 1. The van der Waals surface area contributed by atoms with Gasteiger partial charge in [0.25, 0.3) is 0 Å². The number of ketones is 1. The minimum absolute atomic E-state index is 0.000589. The van der Waals surface area contributed by atoms with Gasteiger partial charge in [0.2, 0.25) is 0 Å². The molecule has 0 amide bonds. The molecule has 5 nitrogen and oxygen atoms in total. The molecule has 0 unspecified atom stereocenters. The lowest BCUT2D eigenvalue weighted by Gasteiger charge is -2.02. The Balaban J connectivity index is 2.34. The molecular weight excluding hydrogens is 319 g/mol. The van der Waals surface area contributed by atoms with Crippen molar-refractivity contribution in [2.45, 2.75) is 6.92 Å². The average molecular weight is 329 g/mol. The van der Waals surface area contributed by atoms with E-state index < -0.39 is 11.8 Å². The van der Waals surface area contributed by atoms with Gasteiger partial charge in [-0.15, -0.1) is 0 Å². The molecule has 110 valence electrons. The molecule has 8 heteroatoms. The van der Waals surface area contributed by atoms with Crippen LogP contribution >= 0.6 is 22.9 Å². The number of ether oxygens (including phenoxy) is 1. The predicted octanol–water partition coefficient (Wildman–Crippen LogP) is 3.67. The third-order valence-electron chi connectivity index (χ3n) is 2.50. The van der Waals surface area contributed by atoms with Crippen LogP contribution in [0.15, 0.2) is 18.2 Å². The number of thiazole rings is 1. The molecule has 0 aliphatic heterocycles. The normalized spacial score (nSPS) is 10.3. The van der Waals surface area contributed by atoms with Crippen LogP contribution in [-0.2, 0) is 4.74 Å². The number of hydrogen-bond donors (Lipinski definition) is 1. The summed E-state index contributed by atoms with van der Waals surface area (Å²) in [5.74, 6) is -1.59. The van der Waals surface area contributed by atoms with Crippen LogP contribution in [0, 0.1) is 5.82 Å². The highest BCUT2D eigenvalue weighted by atomic mass is 35.5. The maximum atomic E-state index is 13.4. The first-order chi connectivity index (χ1) is 9.92. The molecule has 0 spiro atoms. The fraction of sp³-hybridized carbons (Fsp3) is 0.154. The van der Waals surface area contributed by atoms with Crippen LogP contribution in [0.1, 0.15) is 27.1 Å². The molecule has 0 radical (unpaired) electrons. The van der Waals surface area contributed by atoms with Gasteiger partial charge in [0.05, 0.1) is 12.1 Å². The van der Waals surface area contributed by atoms with Gasteiger partial charge < -0.3 is 10.1 Å². The molecule has 1 aromatic heterocycles. The number of halogens is 2. The monoisotopic (exact) mass is 328 g/mol. The smallest absolute Gasteiger partial charge is 0.358 e. The summed E-state index contributed by atoms with van der Waals surface area (Å²) in [5.41, 5.74) is 0.337. The van der Waals surface area contributed by atoms with Crippen LogP contribution in [-0.4, -0.2) is 23.8 Å². The van der Waals surface area contributed by atoms with E-state index in [9.17, 15) is 14.0 Å². The molecule has 0 saturated carbocycles. The van der Waals surface area contributed by atoms with E-state index in [1.807, 2.05) is 0 Å². The number of methoxy groups -OCH3 is 1. The Morgan fingerprint density at radius 3 is 2.71 bits per heavy atom. The number of carbonyl (C=O) groups is 2. The van der Waals surface area contributed by atoms with Crippen molar-refractivity contribution >= 4 is 45.5 Å². The molecule has 0 bridgehead atoms. The first-order valence-electron chi connectivity index (χ1n) is 5.74. The van der Waals surface area contributed by atoms with Crippen molar-refractivity contribution in [3.05, 3.63) is 39.6 Å². The van der Waals surface area contributed by atoms with Gasteiger partial charge in [-0.2, -0.15) is 0 Å². The highest BCUT2D eigenvalue weighted by Crippen LogP contribution is 2.28. The quantitative estimate of drug-likeness (QED) is 0.685. The average Bonchev–Trinajstić information content (AvgIpc) is 2.86. The maximum Gasteiger partial charge on any atom is 0.358 e. The van der Waals surface area contributed by atoms with Gasteiger partial charge in [0.1, 0.15) is 10.7 Å². The Hall–Kier alpha value is -1.99. The number of carbonyl (C=O) groups excluding carboxylic acids is 2. The lowest BCUT2D eigenvalue weighted by Crippen LogP contribution is -2.07. The van der Waals surface area contributed by atoms with E-state index in [1.54, 1.807) is 6.07 Å². The van der Waals surface area contributed by atoms with Gasteiger partial charge in [-0.3, -0.25) is 4.79 Å². The number of aromatic nitrogens is 1. The molecule has 2 aromatic rings. The third-order valence-corrected chi connectivity index (χ3v) is 3.87. The van der Waals surface area contributed by atoms with Crippen molar-refractivity contribution in [3.8, 4) is 0 Å². The lowest BCUT2D eigenvalue weighted by atomic mass is 10.3. The first-order valence-corrected chi connectivity index (χ1v) is 6.94. The summed E-state index contributed by atoms with van der Waals surface area (Å²) < 4.78 is 17.9. The van der Waals surface area contributed by atoms with E-state index in [4.69, 9.17) is 11.6 Å². The first kappa shape index (κ1) is 15.4. The predicted molar refractivity (Wildman–Crippen MR) is 78.2 cm³/mol. The van der Waals surface area contributed by atoms with Crippen molar-refractivity contribution in [3.63, 3.8) is 0 Å². The molecule has 1 heterocycles. The summed E-state index contributed by atoms with van der Waals surface area (Å²) in [6.07, 6.45) is 0. The Labute approximate surface area is 128 Å². The van der Waals surface area contributed by atoms with Gasteiger partial charge in [0.15, 0.2) is 16.6 Å². The molecule has 0 aliphatic rings. The second-order valence-electron chi connectivity index (χ2n) is 4.00. The molecule has 0 fully saturated rings. The van der Waals surface area contributed by atoms with Gasteiger partial charge in [-0.05, 0) is 18.2 Å². The molecule has 21 heavy (non-hydrogen) atoms. The number of nitrogens with one attached hydrogen (secondary N) is 1. The Morgan fingerprint density at radius 1 is 1.43 bits per heavy atom. The van der Waals surface area contributed by atoms with E-state index in [-0.39, 0.29) is 26.5 Å². The molecule has 0 saturated heterocycles. The number of anilines is 2. The van der Waals surface area contributed by atoms with Crippen molar-refractivity contribution in [1.29, 1.82) is 0 Å². The van der Waals surface area contributed by atoms with Crippen molar-refractivity contribution in [2.75, 3.05) is 12.4 Å². The third kappa shape index (κ3) is 3.37. The van der Waals surface area contributed by atoms with Crippen LogP contribution in [0.5, 0.6) is 0 Å². The highest BCUT2D eigenvalue weighted by molar-refractivity contribution is 7.17. The Kier molecular flexibility index (Phi) is 4.54. The lowest BCUT2D eigenvalue weighted by molar-refractivity contribution is 0.0591. The van der Waals surface area contributed by atoms with Crippen LogP contribution < -0.4 is 5.32 Å². The van der Waals surface area contributed by atoms with Crippen molar-refractivity contribution in [1.82, 2.24) is 4.98 Å². The second-order valence-corrected chi connectivity index (χ2v) is 5.40. The van der Waals surface area contributed by atoms with Crippen molar-refractivity contribution < 1.29 is 18.7 Å². The van der Waals surface area contributed by atoms with Gasteiger partial charge >= 0.3 is 5.97 Å². The fourth-order valence-electron chi connectivity index (χ4n) is 1.54. The van der Waals surface area contributed by atoms with Crippen LogP contribution in [0.4, 0.5) is 15.2 Å². The number of benzene rings is 1. The molecule has 2 rings (SSSR count). The number of hydrogen-bond acceptors (Lipinski definition) is 6. The van der Waals surface area contributed by atoms with Crippen LogP contribution in [0.25, 0.3) is 0 Å². The minimum atomic E-state index is -0.702. The molecule has 0 aliphatic carbocycles. The largest absolute Gasteiger partial charge is 0.464 e. The van der Waals surface area contributed by atoms with E-state index in [2.05, 4.69) is 15.0 Å². The molecule has 1 N–H and O–H groups in total. The maximum absolute atomic E-state index is 13.4. The standard InChI is InChI=1S/C13H10ClFN2O3S/c1-6(18)11-10(12(19)20-2)17-13(21-11)16-7-3-4-8(14)9(15)5-7/h3-5H,1-2H3,(H,16,17). The summed E-state index contributed by atoms with van der Waals surface area (Å²) >= 11 is 6.58. The van der Waals surface area contributed by atoms with Crippen molar-refractivity contribution in [2.24, 2.45) is 0 Å². The number of esters is 1. The SMILES string of the molecule is COC(=O)c1nc(Nc2ccc(Cl)c(F)c2)sc1C(C)=O. The zero-order chi connectivity index (χ0) is 15.6. The van der Waals surface area contributed by atoms with E-state index in [0.29, 0.717) is 5.69 Å². The molecular formula is C13H10ClFN2O3S. The molecule has 1 aromatic carbocycles.